The van der Waals surface area contributed by atoms with E-state index in [1.807, 2.05) is 91.9 Å². The molecular weight excluding hydrogens is 396 g/mol. The van der Waals surface area contributed by atoms with Gasteiger partial charge in [0.05, 0.1) is 17.0 Å². The lowest BCUT2D eigenvalue weighted by Gasteiger charge is -2.10. The van der Waals surface area contributed by atoms with Crippen LogP contribution in [-0.2, 0) is 5.75 Å². The molecule has 4 aromatic rings. The average Bonchev–Trinajstić information content (AvgIpc) is 3.20. The molecule has 1 aromatic heterocycles. The molecule has 0 bridgehead atoms. The van der Waals surface area contributed by atoms with Crippen LogP contribution in [0.2, 0.25) is 0 Å². The van der Waals surface area contributed by atoms with Crippen molar-refractivity contribution in [3.05, 3.63) is 102 Å². The van der Waals surface area contributed by atoms with E-state index in [0.717, 1.165) is 22.1 Å². The standard InChI is InChI=1S/C24H20N2O3S/c1-17-15-21(29-26-17)16-30-23-10-6-5-9-22(23)24(27)25-18-11-13-20(14-12-18)28-19-7-3-2-4-8-19/h2-15H,16H2,1H3,(H,25,27). The van der Waals surface area contributed by atoms with Crippen LogP contribution >= 0.6 is 11.8 Å². The van der Waals surface area contributed by atoms with Gasteiger partial charge in [-0.05, 0) is 55.5 Å². The maximum atomic E-state index is 12.8. The highest BCUT2D eigenvalue weighted by molar-refractivity contribution is 7.98. The Morgan fingerprint density at radius 3 is 2.40 bits per heavy atom. The number of hydrogen-bond donors (Lipinski definition) is 1. The van der Waals surface area contributed by atoms with Crippen molar-refractivity contribution in [1.82, 2.24) is 5.16 Å². The van der Waals surface area contributed by atoms with Gasteiger partial charge in [0.25, 0.3) is 5.91 Å². The molecule has 150 valence electrons. The Morgan fingerprint density at radius 1 is 0.967 bits per heavy atom. The lowest BCUT2D eigenvalue weighted by molar-refractivity contribution is 0.102. The Kier molecular flexibility index (Phi) is 6.15. The largest absolute Gasteiger partial charge is 0.457 e. The molecule has 0 aliphatic carbocycles. The van der Waals surface area contributed by atoms with Crippen molar-refractivity contribution in [3.63, 3.8) is 0 Å². The number of carbonyl (C=O) groups excluding carboxylic acids is 1. The van der Waals surface area contributed by atoms with Crippen molar-refractivity contribution < 1.29 is 14.1 Å². The third-order valence-corrected chi connectivity index (χ3v) is 5.37. The molecular formula is C24H20N2O3S. The number of para-hydroxylation sites is 1. The Morgan fingerprint density at radius 2 is 1.67 bits per heavy atom. The van der Waals surface area contributed by atoms with E-state index in [2.05, 4.69) is 10.5 Å². The molecule has 0 atom stereocenters. The normalized spacial score (nSPS) is 10.6. The molecule has 0 fully saturated rings. The van der Waals surface area contributed by atoms with Crippen molar-refractivity contribution >= 4 is 23.4 Å². The molecule has 0 aliphatic heterocycles. The number of rotatable bonds is 7. The Labute approximate surface area is 179 Å². The summed E-state index contributed by atoms with van der Waals surface area (Å²) in [4.78, 5) is 13.7. The first kappa shape index (κ1) is 19.8. The summed E-state index contributed by atoms with van der Waals surface area (Å²) in [5.41, 5.74) is 2.16. The van der Waals surface area contributed by atoms with Gasteiger partial charge in [-0.3, -0.25) is 4.79 Å². The first-order chi connectivity index (χ1) is 14.7. The molecule has 1 heterocycles. The SMILES string of the molecule is Cc1cc(CSc2ccccc2C(=O)Nc2ccc(Oc3ccccc3)cc2)on1. The molecule has 30 heavy (non-hydrogen) atoms. The molecule has 5 nitrogen and oxygen atoms in total. The monoisotopic (exact) mass is 416 g/mol. The average molecular weight is 417 g/mol. The fraction of sp³-hybridized carbons (Fsp3) is 0.0833. The van der Waals surface area contributed by atoms with Crippen molar-refractivity contribution in [3.8, 4) is 11.5 Å². The second-order valence-electron chi connectivity index (χ2n) is 6.61. The fourth-order valence-electron chi connectivity index (χ4n) is 2.84. The van der Waals surface area contributed by atoms with Crippen molar-refractivity contribution in [1.29, 1.82) is 0 Å². The van der Waals surface area contributed by atoms with Gasteiger partial charge in [-0.1, -0.05) is 35.5 Å². The highest BCUT2D eigenvalue weighted by atomic mass is 32.2. The van der Waals surface area contributed by atoms with Gasteiger partial charge in [0.15, 0.2) is 0 Å². The number of amides is 1. The van der Waals surface area contributed by atoms with E-state index >= 15 is 0 Å². The van der Waals surface area contributed by atoms with Crippen molar-refractivity contribution in [2.75, 3.05) is 5.32 Å². The molecule has 0 spiro atoms. The third-order valence-electron chi connectivity index (χ3n) is 4.27. The third kappa shape index (κ3) is 5.10. The number of aryl methyl sites for hydroxylation is 1. The van der Waals surface area contributed by atoms with E-state index in [-0.39, 0.29) is 5.91 Å². The van der Waals surface area contributed by atoms with E-state index < -0.39 is 0 Å². The summed E-state index contributed by atoms with van der Waals surface area (Å²) in [6.07, 6.45) is 0. The molecule has 3 aromatic carbocycles. The fourth-order valence-corrected chi connectivity index (χ4v) is 3.77. The molecule has 0 aliphatic rings. The van der Waals surface area contributed by atoms with E-state index in [1.165, 1.54) is 0 Å². The summed E-state index contributed by atoms with van der Waals surface area (Å²) in [7, 11) is 0. The number of thioether (sulfide) groups is 1. The number of ether oxygens (including phenoxy) is 1. The Balaban J connectivity index is 1.41. The molecule has 0 unspecified atom stereocenters. The molecule has 1 N–H and O–H groups in total. The minimum atomic E-state index is -0.163. The zero-order chi connectivity index (χ0) is 20.8. The van der Waals surface area contributed by atoms with Gasteiger partial charge >= 0.3 is 0 Å². The summed E-state index contributed by atoms with van der Waals surface area (Å²) >= 11 is 1.54. The van der Waals surface area contributed by atoms with Gasteiger partial charge < -0.3 is 14.6 Å². The highest BCUT2D eigenvalue weighted by Gasteiger charge is 2.13. The van der Waals surface area contributed by atoms with Crippen molar-refractivity contribution in [2.45, 2.75) is 17.6 Å². The summed E-state index contributed by atoms with van der Waals surface area (Å²) < 4.78 is 11.0. The quantitative estimate of drug-likeness (QED) is 0.357. The maximum Gasteiger partial charge on any atom is 0.256 e. The highest BCUT2D eigenvalue weighted by Crippen LogP contribution is 2.28. The first-order valence-electron chi connectivity index (χ1n) is 9.46. The van der Waals surface area contributed by atoms with Crippen molar-refractivity contribution in [2.24, 2.45) is 0 Å². The number of anilines is 1. The minimum Gasteiger partial charge on any atom is -0.457 e. The number of nitrogens with one attached hydrogen (secondary N) is 1. The molecule has 0 saturated carbocycles. The smallest absolute Gasteiger partial charge is 0.256 e. The number of benzene rings is 3. The van der Waals surface area contributed by atoms with Gasteiger partial charge in [0.2, 0.25) is 0 Å². The molecule has 4 rings (SSSR count). The first-order valence-corrected chi connectivity index (χ1v) is 10.4. The summed E-state index contributed by atoms with van der Waals surface area (Å²) in [6.45, 7) is 1.88. The Bertz CT molecular complexity index is 1120. The van der Waals surface area contributed by atoms with E-state index in [1.54, 1.807) is 11.8 Å². The minimum absolute atomic E-state index is 0.163. The second kappa shape index (κ2) is 9.33. The van der Waals surface area contributed by atoms with Crippen LogP contribution in [0.1, 0.15) is 21.8 Å². The van der Waals surface area contributed by atoms with Crippen LogP contribution in [-0.4, -0.2) is 11.1 Å². The predicted octanol–water partition coefficient (Wildman–Crippen LogP) is 6.32. The van der Waals surface area contributed by atoms with E-state index in [9.17, 15) is 4.79 Å². The summed E-state index contributed by atoms with van der Waals surface area (Å²) in [6, 6.07) is 26.3. The molecule has 0 radical (unpaired) electrons. The van der Waals surface area contributed by atoms with E-state index in [0.29, 0.717) is 22.8 Å². The summed E-state index contributed by atoms with van der Waals surface area (Å²) in [5.74, 6) is 2.70. The van der Waals surface area contributed by atoms with Gasteiger partial charge in [-0.25, -0.2) is 0 Å². The topological polar surface area (TPSA) is 64.4 Å². The molecule has 1 amide bonds. The zero-order valence-electron chi connectivity index (χ0n) is 16.4. The lowest BCUT2D eigenvalue weighted by Crippen LogP contribution is -2.12. The Hall–Kier alpha value is -3.51. The number of hydrogen-bond acceptors (Lipinski definition) is 5. The maximum absolute atomic E-state index is 12.8. The number of aromatic nitrogens is 1. The van der Waals surface area contributed by atoms with Crippen LogP contribution in [0, 0.1) is 6.92 Å². The van der Waals surface area contributed by atoms with Crippen LogP contribution in [0.5, 0.6) is 11.5 Å². The van der Waals surface area contributed by atoms with Crippen LogP contribution in [0.25, 0.3) is 0 Å². The lowest BCUT2D eigenvalue weighted by atomic mass is 10.2. The molecule has 6 heteroatoms. The number of nitrogens with zero attached hydrogens (tertiary/aromatic N) is 1. The number of carbonyl (C=O) groups is 1. The summed E-state index contributed by atoms with van der Waals surface area (Å²) in [5, 5.41) is 6.85. The van der Waals surface area contributed by atoms with Gasteiger partial charge in [-0.15, -0.1) is 11.8 Å². The molecule has 0 saturated heterocycles. The second-order valence-corrected chi connectivity index (χ2v) is 7.63. The van der Waals surface area contributed by atoms with Gasteiger partial charge in [0.1, 0.15) is 17.3 Å². The van der Waals surface area contributed by atoms with E-state index in [4.69, 9.17) is 9.26 Å². The van der Waals surface area contributed by atoms with Gasteiger partial charge in [-0.2, -0.15) is 0 Å². The predicted molar refractivity (Wildman–Crippen MR) is 118 cm³/mol. The van der Waals surface area contributed by atoms with Crippen LogP contribution in [0.15, 0.2) is 94.3 Å². The zero-order valence-corrected chi connectivity index (χ0v) is 17.2. The van der Waals surface area contributed by atoms with Crippen LogP contribution < -0.4 is 10.1 Å². The van der Waals surface area contributed by atoms with Crippen LogP contribution in [0.3, 0.4) is 0 Å². The van der Waals surface area contributed by atoms with Gasteiger partial charge in [0, 0.05) is 16.6 Å². The van der Waals surface area contributed by atoms with Crippen LogP contribution in [0.4, 0.5) is 5.69 Å².